The monoisotopic (exact) mass is 361 g/mol. The fourth-order valence-electron chi connectivity index (χ4n) is 2.84. The van der Waals surface area contributed by atoms with Crippen molar-refractivity contribution < 1.29 is 5.11 Å². The van der Waals surface area contributed by atoms with Gasteiger partial charge in [-0.1, -0.05) is 23.7 Å². The van der Waals surface area contributed by atoms with Crippen molar-refractivity contribution in [3.63, 3.8) is 0 Å². The van der Waals surface area contributed by atoms with E-state index in [1.54, 1.807) is 36.7 Å². The molecule has 126 valence electrons. The van der Waals surface area contributed by atoms with Gasteiger partial charge in [0.1, 0.15) is 5.75 Å². The van der Waals surface area contributed by atoms with Crippen molar-refractivity contribution in [1.29, 1.82) is 5.26 Å². The lowest BCUT2D eigenvalue weighted by molar-refractivity contribution is 0.475. The molecule has 2 aromatic carbocycles. The lowest BCUT2D eigenvalue weighted by Crippen LogP contribution is -2.03. The van der Waals surface area contributed by atoms with Gasteiger partial charge in [0.25, 0.3) is 0 Å². The zero-order chi connectivity index (χ0) is 18.3. The minimum Gasteiger partial charge on any atom is -0.506 e. The van der Waals surface area contributed by atoms with E-state index >= 15 is 0 Å². The summed E-state index contributed by atoms with van der Waals surface area (Å²) in [6, 6.07) is 14.1. The normalized spacial score (nSPS) is 10.8. The second-order valence-corrected chi connectivity index (χ2v) is 6.08. The fraction of sp³-hybridized carbons (Fsp3) is 0. The van der Waals surface area contributed by atoms with Crippen LogP contribution in [0.4, 0.5) is 5.82 Å². The first-order valence-electron chi connectivity index (χ1n) is 7.70. The summed E-state index contributed by atoms with van der Waals surface area (Å²) in [5, 5.41) is 19.0. The number of nitrogens with zero attached hydrogens (tertiary/aromatic N) is 4. The molecule has 26 heavy (non-hydrogen) atoms. The van der Waals surface area contributed by atoms with E-state index in [1.807, 2.05) is 16.5 Å². The number of rotatable bonds is 2. The van der Waals surface area contributed by atoms with Crippen molar-refractivity contribution in [3.8, 4) is 34.3 Å². The number of aromatic hydroxyl groups is 1. The number of hydrogen-bond donors (Lipinski definition) is 2. The lowest BCUT2D eigenvalue weighted by atomic mass is 10.0. The van der Waals surface area contributed by atoms with Crippen LogP contribution in [0, 0.1) is 11.3 Å². The van der Waals surface area contributed by atoms with Gasteiger partial charge in [0.2, 0.25) is 0 Å². The highest BCUT2D eigenvalue weighted by Crippen LogP contribution is 2.36. The van der Waals surface area contributed by atoms with Gasteiger partial charge in [0, 0.05) is 23.5 Å². The van der Waals surface area contributed by atoms with E-state index in [4.69, 9.17) is 22.6 Å². The molecule has 0 unspecified atom stereocenters. The lowest BCUT2D eigenvalue weighted by Gasteiger charge is -2.14. The Kier molecular flexibility index (Phi) is 3.72. The number of benzene rings is 2. The third-order valence-corrected chi connectivity index (χ3v) is 4.38. The van der Waals surface area contributed by atoms with Crippen molar-refractivity contribution in [3.05, 3.63) is 65.4 Å². The maximum atomic E-state index is 9.73. The average molecular weight is 362 g/mol. The molecule has 0 fully saturated rings. The summed E-state index contributed by atoms with van der Waals surface area (Å²) in [6.07, 6.45) is 3.43. The van der Waals surface area contributed by atoms with Gasteiger partial charge >= 0.3 is 0 Å². The number of halogens is 1. The Bertz CT molecular complexity index is 1180. The van der Waals surface area contributed by atoms with Gasteiger partial charge in [-0.15, -0.1) is 0 Å². The first-order valence-corrected chi connectivity index (χ1v) is 8.08. The van der Waals surface area contributed by atoms with E-state index in [2.05, 4.69) is 16.0 Å². The molecule has 0 radical (unpaired) electrons. The Morgan fingerprint density at radius 1 is 1.12 bits per heavy atom. The maximum Gasteiger partial charge on any atom is 0.180 e. The van der Waals surface area contributed by atoms with Crippen molar-refractivity contribution >= 4 is 23.1 Å². The molecular formula is C19H12ClN5O. The third kappa shape index (κ3) is 2.51. The standard InChI is InChI=1S/C19H12ClN5O/c20-14-9-13(5-6-15(14)26)17-16(12-3-1-11(10-21)2-4-12)24-18(22)19-23-7-8-25(17)19/h1-9,26H,(H2,22,24). The predicted octanol–water partition coefficient (Wildman–Crippen LogP) is 3.88. The van der Waals surface area contributed by atoms with Crippen LogP contribution < -0.4 is 5.73 Å². The number of phenols is 1. The number of nitrogen functional groups attached to an aromatic ring is 1. The van der Waals surface area contributed by atoms with E-state index in [1.165, 1.54) is 6.07 Å². The Morgan fingerprint density at radius 3 is 2.54 bits per heavy atom. The van der Waals surface area contributed by atoms with Gasteiger partial charge in [-0.05, 0) is 30.3 Å². The van der Waals surface area contributed by atoms with E-state index in [9.17, 15) is 5.11 Å². The van der Waals surface area contributed by atoms with E-state index in [0.29, 0.717) is 22.7 Å². The Morgan fingerprint density at radius 2 is 1.85 bits per heavy atom. The molecule has 0 saturated heterocycles. The number of imidazole rings is 1. The topological polar surface area (TPSA) is 100 Å². The number of nitriles is 1. The SMILES string of the molecule is N#Cc1ccc(-c2nc(N)c3nccn3c2-c2ccc(O)c(Cl)c2)cc1. The summed E-state index contributed by atoms with van der Waals surface area (Å²) in [6.45, 7) is 0. The second kappa shape index (κ2) is 6.06. The van der Waals surface area contributed by atoms with Crippen LogP contribution in [0.3, 0.4) is 0 Å². The molecule has 0 aliphatic heterocycles. The molecular weight excluding hydrogens is 350 g/mol. The van der Waals surface area contributed by atoms with Crippen LogP contribution >= 0.6 is 11.6 Å². The minimum atomic E-state index is 0.000573. The summed E-state index contributed by atoms with van der Waals surface area (Å²) in [4.78, 5) is 8.79. The van der Waals surface area contributed by atoms with Gasteiger partial charge < -0.3 is 10.8 Å². The fourth-order valence-corrected chi connectivity index (χ4v) is 3.03. The summed E-state index contributed by atoms with van der Waals surface area (Å²) >= 11 is 6.10. The third-order valence-electron chi connectivity index (χ3n) is 4.08. The molecule has 4 aromatic rings. The van der Waals surface area contributed by atoms with Gasteiger partial charge in [-0.2, -0.15) is 5.26 Å². The van der Waals surface area contributed by atoms with E-state index < -0.39 is 0 Å². The molecule has 0 aliphatic rings. The smallest absolute Gasteiger partial charge is 0.180 e. The highest BCUT2D eigenvalue weighted by Gasteiger charge is 2.17. The largest absolute Gasteiger partial charge is 0.506 e. The summed E-state index contributed by atoms with van der Waals surface area (Å²) < 4.78 is 1.83. The van der Waals surface area contributed by atoms with Gasteiger partial charge in [-0.25, -0.2) is 9.97 Å². The number of anilines is 1. The zero-order valence-corrected chi connectivity index (χ0v) is 14.1. The van der Waals surface area contributed by atoms with Gasteiger partial charge in [0.15, 0.2) is 11.5 Å². The van der Waals surface area contributed by atoms with Crippen LogP contribution in [0.25, 0.3) is 28.2 Å². The summed E-state index contributed by atoms with van der Waals surface area (Å²) in [7, 11) is 0. The van der Waals surface area contributed by atoms with Crippen LogP contribution in [0.1, 0.15) is 5.56 Å². The molecule has 2 aromatic heterocycles. The quantitative estimate of drug-likeness (QED) is 0.564. The first-order chi connectivity index (χ1) is 12.6. The number of nitrogens with two attached hydrogens (primary N) is 1. The molecule has 0 saturated carbocycles. The molecule has 0 amide bonds. The summed E-state index contributed by atoms with van der Waals surface area (Å²) in [5.41, 5.74) is 10.1. The van der Waals surface area contributed by atoms with Crippen LogP contribution in [-0.4, -0.2) is 19.5 Å². The molecule has 0 bridgehead atoms. The molecule has 3 N–H and O–H groups in total. The highest BCUT2D eigenvalue weighted by molar-refractivity contribution is 6.32. The molecule has 4 rings (SSSR count). The van der Waals surface area contributed by atoms with Crippen molar-refractivity contribution in [2.45, 2.75) is 0 Å². The average Bonchev–Trinajstić information content (AvgIpc) is 3.14. The summed E-state index contributed by atoms with van der Waals surface area (Å²) in [5.74, 6) is 0.295. The van der Waals surface area contributed by atoms with Gasteiger partial charge in [0.05, 0.1) is 28.0 Å². The Labute approximate surface area is 153 Å². The number of phenolic OH excluding ortho intramolecular Hbond substituents is 1. The Hall–Kier alpha value is -3.56. The second-order valence-electron chi connectivity index (χ2n) is 5.67. The molecule has 0 atom stereocenters. The number of fused-ring (bicyclic) bond motifs is 1. The van der Waals surface area contributed by atoms with Crippen molar-refractivity contribution in [2.24, 2.45) is 0 Å². The molecule has 2 heterocycles. The van der Waals surface area contributed by atoms with Crippen LogP contribution in [0.15, 0.2) is 54.9 Å². The van der Waals surface area contributed by atoms with E-state index in [0.717, 1.165) is 16.8 Å². The Balaban J connectivity index is 2.05. The van der Waals surface area contributed by atoms with Crippen molar-refractivity contribution in [2.75, 3.05) is 5.73 Å². The molecule has 7 heteroatoms. The number of aromatic nitrogens is 3. The molecule has 0 aliphatic carbocycles. The van der Waals surface area contributed by atoms with Crippen LogP contribution in [-0.2, 0) is 0 Å². The van der Waals surface area contributed by atoms with Crippen molar-refractivity contribution in [1.82, 2.24) is 14.4 Å². The zero-order valence-electron chi connectivity index (χ0n) is 13.4. The minimum absolute atomic E-state index is 0.000573. The maximum absolute atomic E-state index is 9.73. The highest BCUT2D eigenvalue weighted by atomic mass is 35.5. The number of hydrogen-bond acceptors (Lipinski definition) is 5. The van der Waals surface area contributed by atoms with Crippen LogP contribution in [0.5, 0.6) is 5.75 Å². The van der Waals surface area contributed by atoms with E-state index in [-0.39, 0.29) is 10.8 Å². The molecule has 0 spiro atoms. The predicted molar refractivity (Wildman–Crippen MR) is 99.7 cm³/mol. The van der Waals surface area contributed by atoms with Crippen LogP contribution in [0.2, 0.25) is 5.02 Å². The van der Waals surface area contributed by atoms with Gasteiger partial charge in [-0.3, -0.25) is 4.40 Å². The molecule has 6 nitrogen and oxygen atoms in total. The first kappa shape index (κ1) is 15.9.